The summed E-state index contributed by atoms with van der Waals surface area (Å²) >= 11 is 0. The van der Waals surface area contributed by atoms with E-state index in [2.05, 4.69) is 4.98 Å². The fourth-order valence-corrected chi connectivity index (χ4v) is 4.32. The zero-order valence-electron chi connectivity index (χ0n) is 17.6. The number of alkyl halides is 6. The fourth-order valence-electron chi connectivity index (χ4n) is 4.32. The number of hydrogen-bond acceptors (Lipinski definition) is 2. The molecule has 33 heavy (non-hydrogen) atoms. The van der Waals surface area contributed by atoms with Crippen molar-refractivity contribution in [2.45, 2.75) is 50.2 Å². The number of aromatic nitrogens is 1. The number of aryl methyl sites for hydroxylation is 1. The molecular formula is C25H21F6NO. The first-order valence-electron chi connectivity index (χ1n) is 10.5. The summed E-state index contributed by atoms with van der Waals surface area (Å²) in [5.41, 5.74) is -0.0781. The normalized spacial score (nSPS) is 19.7. The van der Waals surface area contributed by atoms with Gasteiger partial charge in [0.2, 0.25) is 0 Å². The molecule has 3 aromatic rings. The monoisotopic (exact) mass is 465 g/mol. The van der Waals surface area contributed by atoms with E-state index in [1.54, 1.807) is 6.20 Å². The lowest BCUT2D eigenvalue weighted by Crippen LogP contribution is -2.31. The van der Waals surface area contributed by atoms with Gasteiger partial charge in [-0.25, -0.2) is 0 Å². The minimum Gasteiger partial charge on any atom is -0.370 e. The zero-order chi connectivity index (χ0) is 23.8. The van der Waals surface area contributed by atoms with Gasteiger partial charge < -0.3 is 4.74 Å². The van der Waals surface area contributed by atoms with E-state index in [0.29, 0.717) is 12.8 Å². The van der Waals surface area contributed by atoms with Crippen LogP contribution in [0, 0.1) is 0 Å². The number of halogens is 6. The van der Waals surface area contributed by atoms with E-state index in [4.69, 9.17) is 4.74 Å². The van der Waals surface area contributed by atoms with Crippen molar-refractivity contribution in [3.05, 3.63) is 100 Å². The van der Waals surface area contributed by atoms with Crippen LogP contribution < -0.4 is 0 Å². The van der Waals surface area contributed by atoms with E-state index >= 15 is 0 Å². The largest absolute Gasteiger partial charge is 0.416 e. The van der Waals surface area contributed by atoms with Crippen LogP contribution in [0.1, 0.15) is 58.9 Å². The summed E-state index contributed by atoms with van der Waals surface area (Å²) in [6.07, 6.45) is -8.38. The summed E-state index contributed by atoms with van der Waals surface area (Å²) in [5, 5.41) is 0. The highest BCUT2D eigenvalue weighted by Crippen LogP contribution is 2.41. The molecule has 0 fully saturated rings. The van der Waals surface area contributed by atoms with E-state index in [-0.39, 0.29) is 17.5 Å². The maximum atomic E-state index is 13.3. The first kappa shape index (κ1) is 23.3. The number of hydrogen-bond donors (Lipinski definition) is 0. The Morgan fingerprint density at radius 2 is 1.52 bits per heavy atom. The molecule has 1 aromatic heterocycles. The molecule has 0 N–H and O–H groups in total. The van der Waals surface area contributed by atoms with Crippen LogP contribution in [0.15, 0.2) is 66.9 Å². The predicted molar refractivity (Wildman–Crippen MR) is 111 cm³/mol. The van der Waals surface area contributed by atoms with Crippen molar-refractivity contribution in [3.63, 3.8) is 0 Å². The van der Waals surface area contributed by atoms with Crippen LogP contribution in [0.25, 0.3) is 0 Å². The van der Waals surface area contributed by atoms with Crippen molar-refractivity contribution < 1.29 is 31.1 Å². The molecule has 4 rings (SSSR count). The second kappa shape index (κ2) is 8.82. The maximum Gasteiger partial charge on any atom is 0.416 e. The van der Waals surface area contributed by atoms with E-state index in [1.807, 2.05) is 42.5 Å². The van der Waals surface area contributed by atoms with Crippen molar-refractivity contribution >= 4 is 0 Å². The lowest BCUT2D eigenvalue weighted by Gasteiger charge is -2.35. The molecule has 1 heterocycles. The van der Waals surface area contributed by atoms with Crippen molar-refractivity contribution in [1.29, 1.82) is 0 Å². The van der Waals surface area contributed by atoms with Gasteiger partial charge in [-0.05, 0) is 60.7 Å². The Hall–Kier alpha value is -2.87. The van der Waals surface area contributed by atoms with Crippen LogP contribution in [0.2, 0.25) is 0 Å². The SMILES string of the molecule is CC(O[C@H]1CCc2cccnc2[C@@H]1c1ccccc1)c1cc(C(F)(F)F)cc(C(F)(F)F)c1. The van der Waals surface area contributed by atoms with Crippen molar-refractivity contribution in [1.82, 2.24) is 4.98 Å². The quantitative estimate of drug-likeness (QED) is 0.376. The molecule has 0 bridgehead atoms. The number of benzene rings is 2. The molecule has 1 unspecified atom stereocenters. The Balaban J connectivity index is 1.70. The Labute approximate surface area is 187 Å². The average molecular weight is 465 g/mol. The number of rotatable bonds is 4. The lowest BCUT2D eigenvalue weighted by molar-refractivity contribution is -0.143. The molecule has 1 aliphatic carbocycles. The Kier molecular flexibility index (Phi) is 6.22. The van der Waals surface area contributed by atoms with Gasteiger partial charge >= 0.3 is 12.4 Å². The van der Waals surface area contributed by atoms with Crippen LogP contribution in [-0.2, 0) is 23.5 Å². The van der Waals surface area contributed by atoms with E-state index in [0.717, 1.165) is 29.0 Å². The Morgan fingerprint density at radius 3 is 2.12 bits per heavy atom. The van der Waals surface area contributed by atoms with Crippen LogP contribution in [-0.4, -0.2) is 11.1 Å². The number of fused-ring (bicyclic) bond motifs is 1. The van der Waals surface area contributed by atoms with Crippen molar-refractivity contribution in [2.24, 2.45) is 0 Å². The number of pyridine rings is 1. The molecule has 0 aliphatic heterocycles. The third-order valence-electron chi connectivity index (χ3n) is 5.91. The first-order valence-corrected chi connectivity index (χ1v) is 10.5. The molecule has 0 spiro atoms. The van der Waals surface area contributed by atoms with Crippen molar-refractivity contribution in [3.8, 4) is 0 Å². The summed E-state index contributed by atoms with van der Waals surface area (Å²) in [7, 11) is 0. The minimum absolute atomic E-state index is 0.129. The van der Waals surface area contributed by atoms with Crippen LogP contribution in [0.4, 0.5) is 26.3 Å². The van der Waals surface area contributed by atoms with Gasteiger partial charge in [0, 0.05) is 6.20 Å². The van der Waals surface area contributed by atoms with Gasteiger partial charge in [-0.1, -0.05) is 36.4 Å². The highest BCUT2D eigenvalue weighted by Gasteiger charge is 2.38. The van der Waals surface area contributed by atoms with E-state index in [9.17, 15) is 26.3 Å². The standard InChI is InChI=1S/C25H21F6NO/c1-15(18-12-19(24(26,27)28)14-20(13-18)25(29,30)31)33-21-10-9-17-8-5-11-32-23(17)22(21)16-6-3-2-4-7-16/h2-8,11-15,21-22H,9-10H2,1H3/t15?,21-,22+/m0/s1. The molecule has 2 nitrogen and oxygen atoms in total. The van der Waals surface area contributed by atoms with Gasteiger partial charge in [-0.3, -0.25) is 4.98 Å². The molecule has 0 amide bonds. The summed E-state index contributed by atoms with van der Waals surface area (Å²) in [6.45, 7) is 1.48. The topological polar surface area (TPSA) is 22.1 Å². The average Bonchev–Trinajstić information content (AvgIpc) is 2.78. The van der Waals surface area contributed by atoms with E-state index < -0.39 is 35.7 Å². The summed E-state index contributed by atoms with van der Waals surface area (Å²) in [4.78, 5) is 4.52. The Bertz CT molecular complexity index is 1080. The molecule has 1 aliphatic rings. The van der Waals surface area contributed by atoms with Gasteiger partial charge in [-0.15, -0.1) is 0 Å². The van der Waals surface area contributed by atoms with Crippen molar-refractivity contribution in [2.75, 3.05) is 0 Å². The summed E-state index contributed by atoms with van der Waals surface area (Å²) in [5.74, 6) is -0.286. The zero-order valence-corrected chi connectivity index (χ0v) is 17.6. The number of nitrogens with zero attached hydrogens (tertiary/aromatic N) is 1. The second-order valence-electron chi connectivity index (χ2n) is 8.13. The second-order valence-corrected chi connectivity index (χ2v) is 8.13. The highest BCUT2D eigenvalue weighted by molar-refractivity contribution is 5.38. The highest BCUT2D eigenvalue weighted by atomic mass is 19.4. The molecule has 2 aromatic carbocycles. The van der Waals surface area contributed by atoms with E-state index in [1.165, 1.54) is 6.92 Å². The van der Waals surface area contributed by atoms with Crippen LogP contribution in [0.5, 0.6) is 0 Å². The number of ether oxygens (including phenoxy) is 1. The third-order valence-corrected chi connectivity index (χ3v) is 5.91. The predicted octanol–water partition coefficient (Wildman–Crippen LogP) is 7.34. The van der Waals surface area contributed by atoms with Crippen LogP contribution in [0.3, 0.4) is 0 Å². The molecule has 3 atom stereocenters. The molecule has 0 saturated heterocycles. The smallest absolute Gasteiger partial charge is 0.370 e. The van der Waals surface area contributed by atoms with Gasteiger partial charge in [-0.2, -0.15) is 26.3 Å². The molecule has 0 saturated carbocycles. The van der Waals surface area contributed by atoms with Gasteiger partial charge in [0.25, 0.3) is 0 Å². The molecule has 8 heteroatoms. The summed E-state index contributed by atoms with van der Waals surface area (Å²) in [6, 6.07) is 14.8. The summed E-state index contributed by atoms with van der Waals surface area (Å²) < 4.78 is 85.9. The van der Waals surface area contributed by atoms with Gasteiger partial charge in [0.1, 0.15) is 0 Å². The van der Waals surface area contributed by atoms with Crippen LogP contribution >= 0.6 is 0 Å². The van der Waals surface area contributed by atoms with Gasteiger partial charge in [0.05, 0.1) is 34.9 Å². The first-order chi connectivity index (χ1) is 15.5. The maximum absolute atomic E-state index is 13.3. The third kappa shape index (κ3) is 5.05. The van der Waals surface area contributed by atoms with Gasteiger partial charge in [0.15, 0.2) is 0 Å². The fraction of sp³-hybridized carbons (Fsp3) is 0.320. The Morgan fingerprint density at radius 1 is 0.879 bits per heavy atom. The molecular weight excluding hydrogens is 444 g/mol. The molecule has 0 radical (unpaired) electrons. The minimum atomic E-state index is -4.91. The molecule has 174 valence electrons. The lowest BCUT2D eigenvalue weighted by atomic mass is 9.79.